The second-order valence-corrected chi connectivity index (χ2v) is 7.32. The normalized spacial score (nSPS) is 13.7. The third-order valence-electron chi connectivity index (χ3n) is 5.18. The largest absolute Gasteiger partial charge is 0.381 e. The van der Waals surface area contributed by atoms with Crippen LogP contribution in [0.25, 0.3) is 0 Å². The quantitative estimate of drug-likeness (QED) is 0.630. The van der Waals surface area contributed by atoms with Crippen LogP contribution in [0.15, 0.2) is 72.9 Å². The van der Waals surface area contributed by atoms with Crippen molar-refractivity contribution in [1.29, 1.82) is 0 Å². The van der Waals surface area contributed by atoms with Crippen molar-refractivity contribution < 1.29 is 4.79 Å². The molecule has 2 heterocycles. The Bertz CT molecular complexity index is 935. The van der Waals surface area contributed by atoms with E-state index in [0.29, 0.717) is 12.2 Å². The molecule has 1 saturated heterocycles. The second-order valence-electron chi connectivity index (χ2n) is 7.32. The molecule has 2 aromatic carbocycles. The van der Waals surface area contributed by atoms with E-state index in [-0.39, 0.29) is 5.91 Å². The molecule has 0 bridgehead atoms. The fraction of sp³-hybridized carbons (Fsp3) is 0.250. The fourth-order valence-electron chi connectivity index (χ4n) is 3.57. The van der Waals surface area contributed by atoms with Crippen molar-refractivity contribution in [2.75, 3.05) is 28.6 Å². The summed E-state index contributed by atoms with van der Waals surface area (Å²) in [7, 11) is 0. The van der Waals surface area contributed by atoms with Gasteiger partial charge in [-0.2, -0.15) is 0 Å². The molecule has 0 radical (unpaired) electrons. The van der Waals surface area contributed by atoms with Gasteiger partial charge < -0.3 is 15.5 Å². The first-order valence-corrected chi connectivity index (χ1v) is 10.2. The van der Waals surface area contributed by atoms with Gasteiger partial charge in [0, 0.05) is 42.9 Å². The molecular formula is C24H26N4O. The zero-order chi connectivity index (χ0) is 19.9. The lowest BCUT2D eigenvalue weighted by atomic mass is 10.1. The summed E-state index contributed by atoms with van der Waals surface area (Å²) in [6.45, 7) is 2.92. The Labute approximate surface area is 171 Å². The Morgan fingerprint density at radius 2 is 1.66 bits per heavy atom. The van der Waals surface area contributed by atoms with E-state index in [1.54, 1.807) is 12.3 Å². The van der Waals surface area contributed by atoms with Gasteiger partial charge >= 0.3 is 0 Å². The molecule has 5 nitrogen and oxygen atoms in total. The van der Waals surface area contributed by atoms with Gasteiger partial charge in [0.1, 0.15) is 5.69 Å². The smallest absolute Gasteiger partial charge is 0.274 e. The number of pyridine rings is 1. The first-order chi connectivity index (χ1) is 14.3. The Hall–Kier alpha value is -3.34. The van der Waals surface area contributed by atoms with E-state index in [4.69, 9.17) is 0 Å². The monoisotopic (exact) mass is 386 g/mol. The molecule has 2 N–H and O–H groups in total. The van der Waals surface area contributed by atoms with Gasteiger partial charge in [0.05, 0.1) is 0 Å². The van der Waals surface area contributed by atoms with E-state index < -0.39 is 0 Å². The Kier molecular flexibility index (Phi) is 6.05. The third kappa shape index (κ3) is 5.13. The topological polar surface area (TPSA) is 57.3 Å². The molecule has 1 aromatic heterocycles. The molecule has 0 saturated carbocycles. The molecule has 0 atom stereocenters. The van der Waals surface area contributed by atoms with Crippen molar-refractivity contribution in [3.63, 3.8) is 0 Å². The Morgan fingerprint density at radius 3 is 2.41 bits per heavy atom. The number of anilines is 3. The number of amides is 1. The number of hydrogen-bond donors (Lipinski definition) is 2. The first kappa shape index (κ1) is 19.0. The minimum Gasteiger partial charge on any atom is -0.381 e. The van der Waals surface area contributed by atoms with Crippen LogP contribution in [0.2, 0.25) is 0 Å². The lowest BCUT2D eigenvalue weighted by Crippen LogP contribution is -2.29. The molecule has 5 heteroatoms. The standard InChI is InChI=1S/C24H26N4O/c29-24(27-20-9-11-22(12-10-20)28-15-5-2-6-16-28)23-17-21(13-14-25-23)26-18-19-7-3-1-4-8-19/h1,3-4,7-14,17H,2,5-6,15-16,18H2,(H,25,26)(H,27,29). The molecule has 0 unspecified atom stereocenters. The van der Waals surface area contributed by atoms with Gasteiger partial charge in [-0.25, -0.2) is 0 Å². The number of nitrogens with one attached hydrogen (secondary N) is 2. The van der Waals surface area contributed by atoms with Crippen LogP contribution < -0.4 is 15.5 Å². The number of piperidine rings is 1. The van der Waals surface area contributed by atoms with E-state index in [0.717, 1.165) is 24.5 Å². The number of hydrogen-bond acceptors (Lipinski definition) is 4. The number of benzene rings is 2. The van der Waals surface area contributed by atoms with Gasteiger partial charge in [-0.3, -0.25) is 9.78 Å². The van der Waals surface area contributed by atoms with Gasteiger partial charge in [-0.15, -0.1) is 0 Å². The highest BCUT2D eigenvalue weighted by atomic mass is 16.1. The van der Waals surface area contributed by atoms with Crippen molar-refractivity contribution >= 4 is 23.0 Å². The summed E-state index contributed by atoms with van der Waals surface area (Å²) in [5, 5.41) is 6.28. The SMILES string of the molecule is O=C(Nc1ccc(N2CCCCC2)cc1)c1cc(NCc2ccccc2)ccn1. The molecule has 1 aliphatic rings. The number of nitrogens with zero attached hydrogens (tertiary/aromatic N) is 2. The van der Waals surface area contributed by atoms with Crippen LogP contribution in [0.3, 0.4) is 0 Å². The van der Waals surface area contributed by atoms with Gasteiger partial charge in [0.25, 0.3) is 5.91 Å². The molecular weight excluding hydrogens is 360 g/mol. The number of aromatic nitrogens is 1. The fourth-order valence-corrected chi connectivity index (χ4v) is 3.57. The third-order valence-corrected chi connectivity index (χ3v) is 5.18. The molecule has 1 fully saturated rings. The van der Waals surface area contributed by atoms with Gasteiger partial charge in [-0.05, 0) is 61.2 Å². The zero-order valence-corrected chi connectivity index (χ0v) is 16.5. The molecule has 29 heavy (non-hydrogen) atoms. The van der Waals surface area contributed by atoms with Crippen LogP contribution in [-0.4, -0.2) is 24.0 Å². The highest BCUT2D eigenvalue weighted by Gasteiger charge is 2.12. The zero-order valence-electron chi connectivity index (χ0n) is 16.5. The summed E-state index contributed by atoms with van der Waals surface area (Å²) in [6, 6.07) is 21.9. The van der Waals surface area contributed by atoms with E-state index >= 15 is 0 Å². The highest BCUT2D eigenvalue weighted by Crippen LogP contribution is 2.22. The highest BCUT2D eigenvalue weighted by molar-refractivity contribution is 6.03. The van der Waals surface area contributed by atoms with Crippen molar-refractivity contribution in [3.05, 3.63) is 84.2 Å². The lowest BCUT2D eigenvalue weighted by molar-refractivity contribution is 0.102. The molecule has 0 aliphatic carbocycles. The summed E-state index contributed by atoms with van der Waals surface area (Å²) in [6.07, 6.45) is 5.47. The number of carbonyl (C=O) groups excluding carboxylic acids is 1. The minimum atomic E-state index is -0.209. The van der Waals surface area contributed by atoms with Gasteiger partial charge in [-0.1, -0.05) is 30.3 Å². The summed E-state index contributed by atoms with van der Waals surface area (Å²) in [5.74, 6) is -0.209. The van der Waals surface area contributed by atoms with Crippen molar-refractivity contribution in [2.45, 2.75) is 25.8 Å². The lowest BCUT2D eigenvalue weighted by Gasteiger charge is -2.28. The maximum Gasteiger partial charge on any atom is 0.274 e. The van der Waals surface area contributed by atoms with Crippen molar-refractivity contribution in [2.24, 2.45) is 0 Å². The second kappa shape index (κ2) is 9.24. The molecule has 0 spiro atoms. The molecule has 1 aliphatic heterocycles. The number of rotatable bonds is 6. The number of carbonyl (C=O) groups is 1. The van der Waals surface area contributed by atoms with Crippen LogP contribution in [0.4, 0.5) is 17.1 Å². The van der Waals surface area contributed by atoms with E-state index in [2.05, 4.69) is 44.8 Å². The van der Waals surface area contributed by atoms with E-state index in [9.17, 15) is 4.79 Å². The molecule has 3 aromatic rings. The Balaban J connectivity index is 1.36. The average Bonchev–Trinajstić information content (AvgIpc) is 2.80. The Morgan fingerprint density at radius 1 is 0.897 bits per heavy atom. The predicted molar refractivity (Wildman–Crippen MR) is 118 cm³/mol. The maximum atomic E-state index is 12.6. The van der Waals surface area contributed by atoms with Crippen molar-refractivity contribution in [3.8, 4) is 0 Å². The average molecular weight is 386 g/mol. The first-order valence-electron chi connectivity index (χ1n) is 10.2. The summed E-state index contributed by atoms with van der Waals surface area (Å²) in [5.41, 5.74) is 4.44. The van der Waals surface area contributed by atoms with Crippen LogP contribution in [0.1, 0.15) is 35.3 Å². The molecule has 148 valence electrons. The van der Waals surface area contributed by atoms with Gasteiger partial charge in [0.15, 0.2) is 0 Å². The maximum absolute atomic E-state index is 12.6. The van der Waals surface area contributed by atoms with E-state index in [1.807, 2.05) is 36.4 Å². The summed E-state index contributed by atoms with van der Waals surface area (Å²) in [4.78, 5) is 19.2. The van der Waals surface area contributed by atoms with Crippen LogP contribution in [0.5, 0.6) is 0 Å². The molecule has 1 amide bonds. The van der Waals surface area contributed by atoms with Crippen LogP contribution >= 0.6 is 0 Å². The van der Waals surface area contributed by atoms with Crippen LogP contribution in [0, 0.1) is 0 Å². The summed E-state index contributed by atoms with van der Waals surface area (Å²) >= 11 is 0. The predicted octanol–water partition coefficient (Wildman–Crippen LogP) is 4.94. The van der Waals surface area contributed by atoms with E-state index in [1.165, 1.54) is 30.5 Å². The van der Waals surface area contributed by atoms with Crippen molar-refractivity contribution in [1.82, 2.24) is 4.98 Å². The molecule has 4 rings (SSSR count). The van der Waals surface area contributed by atoms with Gasteiger partial charge in [0.2, 0.25) is 0 Å². The summed E-state index contributed by atoms with van der Waals surface area (Å²) < 4.78 is 0. The minimum absolute atomic E-state index is 0.209. The van der Waals surface area contributed by atoms with Crippen LogP contribution in [-0.2, 0) is 6.54 Å².